The van der Waals surface area contributed by atoms with Crippen molar-refractivity contribution in [3.05, 3.63) is 29.7 Å². The van der Waals surface area contributed by atoms with Gasteiger partial charge in [-0.3, -0.25) is 0 Å². The molecule has 0 saturated carbocycles. The van der Waals surface area contributed by atoms with Crippen molar-refractivity contribution in [3.63, 3.8) is 0 Å². The van der Waals surface area contributed by atoms with Gasteiger partial charge in [-0.05, 0) is 28.8 Å². The van der Waals surface area contributed by atoms with Gasteiger partial charge in [0.2, 0.25) is 0 Å². The predicted octanol–water partition coefficient (Wildman–Crippen LogP) is 2.64. The number of halogens is 1. The molecule has 0 unspecified atom stereocenters. The van der Waals surface area contributed by atoms with E-state index >= 15 is 0 Å². The van der Waals surface area contributed by atoms with Gasteiger partial charge in [0.25, 0.3) is 0 Å². The fraction of sp³-hybridized carbons (Fsp3) is 0.400. The van der Waals surface area contributed by atoms with Crippen molar-refractivity contribution in [1.29, 1.82) is 0 Å². The lowest BCUT2D eigenvalue weighted by Gasteiger charge is -2.18. The molecule has 0 radical (unpaired) electrons. The molecule has 0 atom stereocenters. The molecule has 76 valence electrons. The fourth-order valence-corrected chi connectivity index (χ4v) is 1.69. The first-order valence-electron chi connectivity index (χ1n) is 4.53. The Morgan fingerprint density at radius 3 is 3.07 bits per heavy atom. The first-order chi connectivity index (χ1) is 6.75. The number of aromatic nitrogens is 2. The standard InChI is InChI=1S/C10H14BrN3/c1-3-4-5-6-14(2)10-9(11)7-12-8-13-10/h3,7-8H,1,4-6H2,2H3. The Hall–Kier alpha value is -0.900. The summed E-state index contributed by atoms with van der Waals surface area (Å²) in [4.78, 5) is 10.2. The molecule has 0 fully saturated rings. The molecule has 0 bridgehead atoms. The SMILES string of the molecule is C=CCCCN(C)c1ncncc1Br. The van der Waals surface area contributed by atoms with E-state index in [-0.39, 0.29) is 0 Å². The normalized spacial score (nSPS) is 9.86. The highest BCUT2D eigenvalue weighted by Gasteiger charge is 2.05. The molecule has 0 aliphatic carbocycles. The van der Waals surface area contributed by atoms with Gasteiger partial charge in [0.05, 0.1) is 4.47 Å². The number of unbranched alkanes of at least 4 members (excludes halogenated alkanes) is 1. The summed E-state index contributed by atoms with van der Waals surface area (Å²) in [7, 11) is 2.02. The summed E-state index contributed by atoms with van der Waals surface area (Å²) in [6.07, 6.45) is 7.38. The molecule has 0 N–H and O–H groups in total. The summed E-state index contributed by atoms with van der Waals surface area (Å²) >= 11 is 3.42. The third-order valence-corrected chi connectivity index (χ3v) is 2.47. The van der Waals surface area contributed by atoms with Crippen molar-refractivity contribution in [1.82, 2.24) is 9.97 Å². The Bertz CT molecular complexity index is 301. The van der Waals surface area contributed by atoms with Crippen molar-refractivity contribution in [3.8, 4) is 0 Å². The Labute approximate surface area is 93.0 Å². The lowest BCUT2D eigenvalue weighted by Crippen LogP contribution is -2.20. The Kier molecular flexibility index (Phi) is 4.59. The molecule has 3 nitrogen and oxygen atoms in total. The number of rotatable bonds is 5. The summed E-state index contributed by atoms with van der Waals surface area (Å²) in [5.41, 5.74) is 0. The van der Waals surface area contributed by atoms with Crippen LogP contribution in [0.1, 0.15) is 12.8 Å². The maximum atomic E-state index is 4.20. The summed E-state index contributed by atoms with van der Waals surface area (Å²) < 4.78 is 0.932. The van der Waals surface area contributed by atoms with Gasteiger partial charge in [0, 0.05) is 19.8 Å². The number of nitrogens with zero attached hydrogens (tertiary/aromatic N) is 3. The lowest BCUT2D eigenvalue weighted by molar-refractivity contribution is 0.788. The molecule has 0 amide bonds. The van der Waals surface area contributed by atoms with Crippen LogP contribution in [0.4, 0.5) is 5.82 Å². The second-order valence-corrected chi connectivity index (χ2v) is 3.90. The highest BCUT2D eigenvalue weighted by Crippen LogP contribution is 2.20. The molecule has 1 rings (SSSR count). The van der Waals surface area contributed by atoms with Crippen LogP contribution in [0.3, 0.4) is 0 Å². The van der Waals surface area contributed by atoms with Crippen LogP contribution in [0, 0.1) is 0 Å². The number of hydrogen-bond donors (Lipinski definition) is 0. The highest BCUT2D eigenvalue weighted by molar-refractivity contribution is 9.10. The molecule has 0 saturated heterocycles. The van der Waals surface area contributed by atoms with Gasteiger partial charge in [0.1, 0.15) is 12.1 Å². The van der Waals surface area contributed by atoms with E-state index in [1.807, 2.05) is 13.1 Å². The second-order valence-electron chi connectivity index (χ2n) is 3.05. The zero-order valence-corrected chi connectivity index (χ0v) is 9.87. The average molecular weight is 256 g/mol. The van der Waals surface area contributed by atoms with Crippen LogP contribution in [0.2, 0.25) is 0 Å². The Balaban J connectivity index is 2.55. The third kappa shape index (κ3) is 3.10. The number of allylic oxidation sites excluding steroid dienone is 1. The molecule has 4 heteroatoms. The van der Waals surface area contributed by atoms with Gasteiger partial charge in [-0.25, -0.2) is 9.97 Å². The molecule has 0 aromatic carbocycles. The van der Waals surface area contributed by atoms with Crippen molar-refractivity contribution >= 4 is 21.7 Å². The molecular formula is C10H14BrN3. The molecular weight excluding hydrogens is 242 g/mol. The first-order valence-corrected chi connectivity index (χ1v) is 5.32. The first kappa shape index (κ1) is 11.2. The van der Waals surface area contributed by atoms with E-state index in [2.05, 4.69) is 37.4 Å². The van der Waals surface area contributed by atoms with E-state index in [9.17, 15) is 0 Å². The van der Waals surface area contributed by atoms with Crippen LogP contribution >= 0.6 is 15.9 Å². The maximum Gasteiger partial charge on any atom is 0.146 e. The van der Waals surface area contributed by atoms with Crippen molar-refractivity contribution in [2.24, 2.45) is 0 Å². The highest BCUT2D eigenvalue weighted by atomic mass is 79.9. The predicted molar refractivity (Wildman–Crippen MR) is 62.4 cm³/mol. The van der Waals surface area contributed by atoms with E-state index in [1.54, 1.807) is 12.5 Å². The maximum absolute atomic E-state index is 4.20. The topological polar surface area (TPSA) is 29.0 Å². The molecule has 1 aromatic rings. The molecule has 0 aliphatic rings. The molecule has 0 aliphatic heterocycles. The van der Waals surface area contributed by atoms with Crippen LogP contribution in [0.15, 0.2) is 29.7 Å². The second kappa shape index (κ2) is 5.75. The van der Waals surface area contributed by atoms with E-state index in [0.717, 1.165) is 29.7 Å². The van der Waals surface area contributed by atoms with Crippen LogP contribution in [-0.2, 0) is 0 Å². The number of hydrogen-bond acceptors (Lipinski definition) is 3. The van der Waals surface area contributed by atoms with Crippen molar-refractivity contribution < 1.29 is 0 Å². The van der Waals surface area contributed by atoms with Gasteiger partial charge >= 0.3 is 0 Å². The lowest BCUT2D eigenvalue weighted by atomic mass is 10.3. The van der Waals surface area contributed by atoms with Crippen LogP contribution in [0.25, 0.3) is 0 Å². The van der Waals surface area contributed by atoms with Gasteiger partial charge in [-0.15, -0.1) is 6.58 Å². The van der Waals surface area contributed by atoms with E-state index < -0.39 is 0 Å². The third-order valence-electron chi connectivity index (χ3n) is 1.91. The number of anilines is 1. The Morgan fingerprint density at radius 1 is 1.64 bits per heavy atom. The summed E-state index contributed by atoms with van der Waals surface area (Å²) in [6, 6.07) is 0. The van der Waals surface area contributed by atoms with Gasteiger partial charge in [-0.1, -0.05) is 6.08 Å². The minimum atomic E-state index is 0.932. The monoisotopic (exact) mass is 255 g/mol. The fourth-order valence-electron chi connectivity index (χ4n) is 1.17. The van der Waals surface area contributed by atoms with E-state index in [0.29, 0.717) is 0 Å². The molecule has 14 heavy (non-hydrogen) atoms. The van der Waals surface area contributed by atoms with Crippen LogP contribution < -0.4 is 4.90 Å². The molecule has 1 heterocycles. The Morgan fingerprint density at radius 2 is 2.43 bits per heavy atom. The quantitative estimate of drug-likeness (QED) is 0.599. The zero-order valence-electron chi connectivity index (χ0n) is 8.28. The molecule has 1 aromatic heterocycles. The zero-order chi connectivity index (χ0) is 10.4. The van der Waals surface area contributed by atoms with Crippen molar-refractivity contribution in [2.45, 2.75) is 12.8 Å². The average Bonchev–Trinajstić information content (AvgIpc) is 2.18. The van der Waals surface area contributed by atoms with Crippen LogP contribution in [0.5, 0.6) is 0 Å². The van der Waals surface area contributed by atoms with E-state index in [1.165, 1.54) is 0 Å². The minimum Gasteiger partial charge on any atom is -0.359 e. The molecule has 0 spiro atoms. The summed E-state index contributed by atoms with van der Waals surface area (Å²) in [6.45, 7) is 4.67. The van der Waals surface area contributed by atoms with E-state index in [4.69, 9.17) is 0 Å². The van der Waals surface area contributed by atoms with Gasteiger partial charge in [0.15, 0.2) is 0 Å². The van der Waals surface area contributed by atoms with Gasteiger partial charge in [-0.2, -0.15) is 0 Å². The largest absolute Gasteiger partial charge is 0.359 e. The van der Waals surface area contributed by atoms with Crippen LogP contribution in [-0.4, -0.2) is 23.6 Å². The van der Waals surface area contributed by atoms with Crippen molar-refractivity contribution in [2.75, 3.05) is 18.5 Å². The minimum absolute atomic E-state index is 0.932. The summed E-state index contributed by atoms with van der Waals surface area (Å²) in [5, 5.41) is 0. The van der Waals surface area contributed by atoms with Gasteiger partial charge < -0.3 is 4.90 Å². The summed E-state index contributed by atoms with van der Waals surface area (Å²) in [5.74, 6) is 0.934. The smallest absolute Gasteiger partial charge is 0.146 e.